The number of aryl methyl sites for hydroxylation is 2. The van der Waals surface area contributed by atoms with Gasteiger partial charge in [0.05, 0.1) is 5.56 Å². The van der Waals surface area contributed by atoms with E-state index in [1.807, 2.05) is 38.1 Å². The molecule has 3 aromatic rings. The molecular weight excluding hydrogens is 378 g/mol. The van der Waals surface area contributed by atoms with E-state index in [1.54, 1.807) is 12.1 Å². The summed E-state index contributed by atoms with van der Waals surface area (Å²) in [6, 6.07) is 16.2. The van der Waals surface area contributed by atoms with Gasteiger partial charge in [-0.1, -0.05) is 24.3 Å². The highest BCUT2D eigenvalue weighted by atomic mass is 16.3. The zero-order chi connectivity index (χ0) is 21.7. The van der Waals surface area contributed by atoms with Crippen molar-refractivity contribution < 1.29 is 14.7 Å². The van der Waals surface area contributed by atoms with E-state index in [9.17, 15) is 14.7 Å². The average molecular weight is 405 g/mol. The van der Waals surface area contributed by atoms with E-state index in [0.717, 1.165) is 22.6 Å². The number of para-hydroxylation sites is 1. The Kier molecular flexibility index (Phi) is 6.57. The minimum Gasteiger partial charge on any atom is -0.508 e. The fourth-order valence-electron chi connectivity index (χ4n) is 3.51. The molecule has 3 rings (SSSR count). The van der Waals surface area contributed by atoms with E-state index in [0.29, 0.717) is 30.6 Å². The Morgan fingerprint density at radius 1 is 0.900 bits per heavy atom. The number of amides is 2. The van der Waals surface area contributed by atoms with Crippen LogP contribution < -0.4 is 10.6 Å². The van der Waals surface area contributed by atoms with Crippen LogP contribution in [0.4, 0.5) is 0 Å². The topological polar surface area (TPSA) is 83.4 Å². The minimum absolute atomic E-state index is 0.0539. The third-order valence-electron chi connectivity index (χ3n) is 5.07. The Morgan fingerprint density at radius 3 is 2.30 bits per heavy atom. The summed E-state index contributed by atoms with van der Waals surface area (Å²) in [7, 11) is 0. The largest absolute Gasteiger partial charge is 0.508 e. The molecule has 0 aliphatic rings. The summed E-state index contributed by atoms with van der Waals surface area (Å²) >= 11 is 0. The summed E-state index contributed by atoms with van der Waals surface area (Å²) in [5.41, 5.74) is 5.18. The lowest BCUT2D eigenvalue weighted by Gasteiger charge is -2.13. The number of carbonyl (C=O) groups is 2. The molecule has 3 N–H and O–H groups in total. The molecule has 0 fully saturated rings. The minimum atomic E-state index is -0.251. The van der Waals surface area contributed by atoms with Gasteiger partial charge in [0.15, 0.2) is 0 Å². The van der Waals surface area contributed by atoms with Crippen LogP contribution in [0.5, 0.6) is 5.75 Å². The normalized spacial score (nSPS) is 10.6. The fraction of sp³-hybridized carbons (Fsp3) is 0.250. The molecular formula is C24H27N3O3. The highest BCUT2D eigenvalue weighted by Crippen LogP contribution is 2.23. The van der Waals surface area contributed by atoms with Crippen molar-refractivity contribution in [2.24, 2.45) is 0 Å². The van der Waals surface area contributed by atoms with Crippen LogP contribution >= 0.6 is 0 Å². The molecule has 0 atom stereocenters. The molecule has 2 aromatic carbocycles. The number of benzene rings is 2. The summed E-state index contributed by atoms with van der Waals surface area (Å²) in [6.07, 6.45) is 0.604. The quantitative estimate of drug-likeness (QED) is 0.525. The molecule has 6 nitrogen and oxygen atoms in total. The lowest BCUT2D eigenvalue weighted by molar-refractivity contribution is 0.0951. The first kappa shape index (κ1) is 21.2. The first-order valence-electron chi connectivity index (χ1n) is 9.99. The van der Waals surface area contributed by atoms with Crippen LogP contribution in [-0.4, -0.2) is 34.6 Å². The van der Waals surface area contributed by atoms with Crippen molar-refractivity contribution >= 4 is 11.8 Å². The predicted octanol–water partition coefficient (Wildman–Crippen LogP) is 3.66. The Labute approximate surface area is 176 Å². The van der Waals surface area contributed by atoms with Crippen LogP contribution in [0.1, 0.15) is 44.1 Å². The van der Waals surface area contributed by atoms with Crippen molar-refractivity contribution in [2.75, 3.05) is 13.1 Å². The van der Waals surface area contributed by atoms with Crippen LogP contribution in [-0.2, 0) is 0 Å². The number of hydrogen-bond acceptors (Lipinski definition) is 3. The number of nitrogens with zero attached hydrogens (tertiary/aromatic N) is 1. The van der Waals surface area contributed by atoms with Gasteiger partial charge < -0.3 is 20.3 Å². The third-order valence-corrected chi connectivity index (χ3v) is 5.07. The first-order chi connectivity index (χ1) is 14.4. The van der Waals surface area contributed by atoms with Gasteiger partial charge in [0.25, 0.3) is 11.8 Å². The van der Waals surface area contributed by atoms with E-state index in [4.69, 9.17) is 0 Å². The summed E-state index contributed by atoms with van der Waals surface area (Å²) in [5, 5.41) is 15.2. The molecule has 2 amide bonds. The monoisotopic (exact) mass is 405 g/mol. The molecule has 0 aliphatic carbocycles. The number of phenolic OH excluding ortho intramolecular Hbond substituents is 1. The molecule has 30 heavy (non-hydrogen) atoms. The second-order valence-corrected chi connectivity index (χ2v) is 7.32. The molecule has 0 radical (unpaired) electrons. The van der Waals surface area contributed by atoms with Crippen LogP contribution in [0.2, 0.25) is 0 Å². The molecule has 0 aliphatic heterocycles. The number of phenols is 1. The van der Waals surface area contributed by atoms with Gasteiger partial charge in [-0.05, 0) is 63.1 Å². The number of aromatic hydroxyl groups is 1. The van der Waals surface area contributed by atoms with Gasteiger partial charge in [0, 0.05) is 35.7 Å². The molecule has 6 heteroatoms. The molecule has 0 bridgehead atoms. The molecule has 1 heterocycles. The molecule has 1 aromatic heterocycles. The molecule has 0 saturated carbocycles. The number of hydrogen-bond donors (Lipinski definition) is 3. The standard InChI is InChI=1S/C24H27N3O3/c1-16-8-4-5-11-22(16)27-17(2)14-21(18(27)3)24(30)26-13-7-12-25-23(29)19-9-6-10-20(28)15-19/h4-6,8-11,14-15,28H,7,12-13H2,1-3H3,(H,25,29)(H,26,30). The Bertz CT molecular complexity index is 1070. The number of aromatic nitrogens is 1. The van der Waals surface area contributed by atoms with E-state index in [-0.39, 0.29) is 17.6 Å². The summed E-state index contributed by atoms with van der Waals surface area (Å²) in [5.74, 6) is -0.320. The van der Waals surface area contributed by atoms with Gasteiger partial charge in [-0.2, -0.15) is 0 Å². The van der Waals surface area contributed by atoms with Crippen LogP contribution in [0.15, 0.2) is 54.6 Å². The van der Waals surface area contributed by atoms with Crippen LogP contribution in [0.3, 0.4) is 0 Å². The van der Waals surface area contributed by atoms with Crippen LogP contribution in [0.25, 0.3) is 5.69 Å². The smallest absolute Gasteiger partial charge is 0.253 e. The van der Waals surface area contributed by atoms with Crippen molar-refractivity contribution in [1.82, 2.24) is 15.2 Å². The first-order valence-corrected chi connectivity index (χ1v) is 9.99. The number of rotatable bonds is 7. The second kappa shape index (κ2) is 9.31. The molecule has 0 unspecified atom stereocenters. The van der Waals surface area contributed by atoms with Gasteiger partial charge in [-0.15, -0.1) is 0 Å². The van der Waals surface area contributed by atoms with Gasteiger partial charge >= 0.3 is 0 Å². The molecule has 0 saturated heterocycles. The fourth-order valence-corrected chi connectivity index (χ4v) is 3.51. The van der Waals surface area contributed by atoms with Gasteiger partial charge in [0.1, 0.15) is 5.75 Å². The maximum absolute atomic E-state index is 12.7. The molecule has 156 valence electrons. The second-order valence-electron chi connectivity index (χ2n) is 7.32. The van der Waals surface area contributed by atoms with E-state index < -0.39 is 0 Å². The highest BCUT2D eigenvalue weighted by Gasteiger charge is 2.17. The molecule has 0 spiro atoms. The maximum Gasteiger partial charge on any atom is 0.253 e. The third kappa shape index (κ3) is 4.71. The van der Waals surface area contributed by atoms with Crippen molar-refractivity contribution in [2.45, 2.75) is 27.2 Å². The maximum atomic E-state index is 12.7. The Morgan fingerprint density at radius 2 is 1.60 bits per heavy atom. The summed E-state index contributed by atoms with van der Waals surface area (Å²) in [6.45, 7) is 6.88. The van der Waals surface area contributed by atoms with E-state index >= 15 is 0 Å². The van der Waals surface area contributed by atoms with Crippen molar-refractivity contribution in [1.29, 1.82) is 0 Å². The number of carbonyl (C=O) groups excluding carboxylic acids is 2. The highest BCUT2D eigenvalue weighted by molar-refractivity contribution is 5.96. The lowest BCUT2D eigenvalue weighted by Crippen LogP contribution is -2.30. The van der Waals surface area contributed by atoms with E-state index in [1.165, 1.54) is 12.1 Å². The van der Waals surface area contributed by atoms with E-state index in [2.05, 4.69) is 28.2 Å². The zero-order valence-electron chi connectivity index (χ0n) is 17.5. The SMILES string of the molecule is Cc1ccccc1-n1c(C)cc(C(=O)NCCCNC(=O)c2cccc(O)c2)c1C. The summed E-state index contributed by atoms with van der Waals surface area (Å²) < 4.78 is 2.10. The zero-order valence-corrected chi connectivity index (χ0v) is 17.5. The Hall–Kier alpha value is -3.54. The van der Waals surface area contributed by atoms with Crippen molar-refractivity contribution in [3.8, 4) is 11.4 Å². The predicted molar refractivity (Wildman–Crippen MR) is 117 cm³/mol. The van der Waals surface area contributed by atoms with Crippen molar-refractivity contribution in [3.63, 3.8) is 0 Å². The average Bonchev–Trinajstić information content (AvgIpc) is 3.02. The van der Waals surface area contributed by atoms with Crippen molar-refractivity contribution in [3.05, 3.63) is 82.7 Å². The number of nitrogens with one attached hydrogen (secondary N) is 2. The van der Waals surface area contributed by atoms with Crippen LogP contribution in [0, 0.1) is 20.8 Å². The van der Waals surface area contributed by atoms with Gasteiger partial charge in [-0.3, -0.25) is 9.59 Å². The van der Waals surface area contributed by atoms with Gasteiger partial charge in [-0.25, -0.2) is 0 Å². The summed E-state index contributed by atoms with van der Waals surface area (Å²) in [4.78, 5) is 24.7. The van der Waals surface area contributed by atoms with Gasteiger partial charge in [0.2, 0.25) is 0 Å². The lowest BCUT2D eigenvalue weighted by atomic mass is 10.2. The Balaban J connectivity index is 1.54.